The van der Waals surface area contributed by atoms with Gasteiger partial charge in [-0.3, -0.25) is 14.9 Å². The molecule has 2 N–H and O–H groups in total. The Morgan fingerprint density at radius 2 is 2.15 bits per heavy atom. The summed E-state index contributed by atoms with van der Waals surface area (Å²) in [5.74, 6) is -3.05. The molecule has 1 aromatic heterocycles. The molecule has 0 spiro atoms. The Morgan fingerprint density at radius 3 is 2.62 bits per heavy atom. The van der Waals surface area contributed by atoms with Gasteiger partial charge in [-0.15, -0.1) is 0 Å². The van der Waals surface area contributed by atoms with E-state index < -0.39 is 28.1 Å². The van der Waals surface area contributed by atoms with Gasteiger partial charge < -0.3 is 10.1 Å². The Bertz CT molecular complexity index is 380. The highest BCUT2D eigenvalue weighted by Crippen LogP contribution is 2.16. The fourth-order valence-corrected chi connectivity index (χ4v) is 0.802. The number of aliphatic carboxylic acids is 1. The monoisotopic (exact) mass is 184 g/mol. The number of rotatable bonds is 3. The summed E-state index contributed by atoms with van der Waals surface area (Å²) in [6, 6.07) is 1.02. The van der Waals surface area contributed by atoms with E-state index in [-0.39, 0.29) is 0 Å². The van der Waals surface area contributed by atoms with Crippen LogP contribution in [0.1, 0.15) is 10.5 Å². The highest BCUT2D eigenvalue weighted by molar-refractivity contribution is 6.40. The fourth-order valence-electron chi connectivity index (χ4n) is 0.802. The van der Waals surface area contributed by atoms with Crippen LogP contribution in [-0.2, 0) is 4.79 Å². The van der Waals surface area contributed by atoms with Gasteiger partial charge in [0, 0.05) is 12.3 Å². The van der Waals surface area contributed by atoms with Crippen LogP contribution in [0.4, 0.5) is 5.69 Å². The van der Waals surface area contributed by atoms with Crippen molar-refractivity contribution in [2.75, 3.05) is 0 Å². The lowest BCUT2D eigenvalue weighted by atomic mass is 10.2. The van der Waals surface area contributed by atoms with Gasteiger partial charge in [0.2, 0.25) is 0 Å². The summed E-state index contributed by atoms with van der Waals surface area (Å²) < 4.78 is 0. The SMILES string of the molecule is O=C(O)C(=O)c1[nH]ccc1[N+](=O)[O-]. The maximum atomic E-state index is 10.8. The summed E-state index contributed by atoms with van der Waals surface area (Å²) in [6.45, 7) is 0. The smallest absolute Gasteiger partial charge is 0.379 e. The molecule has 0 aliphatic carbocycles. The Labute approximate surface area is 71.1 Å². The first-order chi connectivity index (χ1) is 6.04. The number of aromatic amines is 1. The van der Waals surface area contributed by atoms with E-state index in [1.807, 2.05) is 0 Å². The van der Waals surface area contributed by atoms with E-state index in [4.69, 9.17) is 5.11 Å². The zero-order chi connectivity index (χ0) is 10.0. The molecule has 68 valence electrons. The van der Waals surface area contributed by atoms with Gasteiger partial charge in [0.15, 0.2) is 5.69 Å². The molecular formula is C6H4N2O5. The molecule has 0 bridgehead atoms. The van der Waals surface area contributed by atoms with Crippen LogP contribution in [-0.4, -0.2) is 26.8 Å². The maximum Gasteiger partial charge on any atom is 0.379 e. The summed E-state index contributed by atoms with van der Waals surface area (Å²) in [7, 11) is 0. The molecule has 0 radical (unpaired) electrons. The lowest BCUT2D eigenvalue weighted by molar-refractivity contribution is -0.385. The normalized spacial score (nSPS) is 9.54. The van der Waals surface area contributed by atoms with Gasteiger partial charge in [0.1, 0.15) is 0 Å². The predicted octanol–water partition coefficient (Wildman–Crippen LogP) is 0.190. The van der Waals surface area contributed by atoms with Gasteiger partial charge in [0.05, 0.1) is 4.92 Å². The number of nitro groups is 1. The molecule has 0 aromatic carbocycles. The third-order valence-corrected chi connectivity index (χ3v) is 1.34. The minimum atomic E-state index is -1.73. The molecule has 7 nitrogen and oxygen atoms in total. The molecule has 1 rings (SSSR count). The molecule has 0 aliphatic heterocycles. The van der Waals surface area contributed by atoms with E-state index in [9.17, 15) is 19.7 Å². The van der Waals surface area contributed by atoms with E-state index in [0.29, 0.717) is 0 Å². The summed E-state index contributed by atoms with van der Waals surface area (Å²) >= 11 is 0. The largest absolute Gasteiger partial charge is 0.475 e. The quantitative estimate of drug-likeness (QED) is 0.301. The van der Waals surface area contributed by atoms with Crippen molar-refractivity contribution in [1.82, 2.24) is 4.98 Å². The molecule has 7 heteroatoms. The van der Waals surface area contributed by atoms with Gasteiger partial charge in [-0.2, -0.15) is 0 Å². The highest BCUT2D eigenvalue weighted by Gasteiger charge is 2.26. The Hall–Kier alpha value is -2.18. The third-order valence-electron chi connectivity index (χ3n) is 1.34. The number of ketones is 1. The Kier molecular flexibility index (Phi) is 2.09. The number of Topliss-reactive ketones (excluding diaryl/α,β-unsaturated/α-hetero) is 1. The first kappa shape index (κ1) is 8.91. The average Bonchev–Trinajstić information content (AvgIpc) is 2.50. The van der Waals surface area contributed by atoms with Crippen LogP contribution in [0, 0.1) is 10.1 Å². The number of carbonyl (C=O) groups is 2. The number of nitrogens with zero attached hydrogens (tertiary/aromatic N) is 1. The fraction of sp³-hybridized carbons (Fsp3) is 0. The number of hydrogen-bond acceptors (Lipinski definition) is 4. The zero-order valence-corrected chi connectivity index (χ0v) is 6.18. The number of carboxylic acids is 1. The van der Waals surface area contributed by atoms with E-state index in [2.05, 4.69) is 4.98 Å². The first-order valence-electron chi connectivity index (χ1n) is 3.13. The molecule has 1 aromatic rings. The molecule has 0 fully saturated rings. The van der Waals surface area contributed by atoms with Gasteiger partial charge in [-0.05, 0) is 0 Å². The number of carboxylic acid groups (broad SMARTS) is 1. The lowest BCUT2D eigenvalue weighted by Crippen LogP contribution is -2.14. The van der Waals surface area contributed by atoms with Crippen molar-refractivity contribution in [3.63, 3.8) is 0 Å². The maximum absolute atomic E-state index is 10.8. The van der Waals surface area contributed by atoms with Crippen LogP contribution in [0.25, 0.3) is 0 Å². The summed E-state index contributed by atoms with van der Waals surface area (Å²) in [5.41, 5.74) is -1.05. The van der Waals surface area contributed by atoms with E-state index in [0.717, 1.165) is 12.3 Å². The second-order valence-electron chi connectivity index (χ2n) is 2.13. The van der Waals surface area contributed by atoms with Gasteiger partial charge >= 0.3 is 5.97 Å². The van der Waals surface area contributed by atoms with Crippen molar-refractivity contribution in [3.8, 4) is 0 Å². The summed E-state index contributed by atoms with van der Waals surface area (Å²) in [6.07, 6.45) is 1.13. The molecule has 0 atom stereocenters. The molecule has 0 saturated heterocycles. The second kappa shape index (κ2) is 3.05. The number of carbonyl (C=O) groups excluding carboxylic acids is 1. The zero-order valence-electron chi connectivity index (χ0n) is 6.18. The molecular weight excluding hydrogens is 180 g/mol. The van der Waals surface area contributed by atoms with Crippen LogP contribution in [0.15, 0.2) is 12.3 Å². The van der Waals surface area contributed by atoms with Crippen LogP contribution in [0.5, 0.6) is 0 Å². The third kappa shape index (κ3) is 1.53. The lowest BCUT2D eigenvalue weighted by Gasteiger charge is -1.90. The first-order valence-corrected chi connectivity index (χ1v) is 3.13. The van der Waals surface area contributed by atoms with E-state index in [1.54, 1.807) is 0 Å². The topological polar surface area (TPSA) is 113 Å². The minimum Gasteiger partial charge on any atom is -0.475 e. The molecule has 1 heterocycles. The highest BCUT2D eigenvalue weighted by atomic mass is 16.6. The van der Waals surface area contributed by atoms with E-state index >= 15 is 0 Å². The Morgan fingerprint density at radius 1 is 1.54 bits per heavy atom. The average molecular weight is 184 g/mol. The minimum absolute atomic E-state index is 0.516. The van der Waals surface area contributed by atoms with Gasteiger partial charge in [-0.25, -0.2) is 4.79 Å². The molecule has 0 amide bonds. The number of H-pyrrole nitrogens is 1. The van der Waals surface area contributed by atoms with Crippen LogP contribution in [0.3, 0.4) is 0 Å². The predicted molar refractivity (Wildman–Crippen MR) is 39.4 cm³/mol. The van der Waals surface area contributed by atoms with Crippen molar-refractivity contribution in [2.45, 2.75) is 0 Å². The van der Waals surface area contributed by atoms with Crippen molar-refractivity contribution < 1.29 is 19.6 Å². The van der Waals surface area contributed by atoms with Crippen molar-refractivity contribution >= 4 is 17.4 Å². The molecule has 0 unspecified atom stereocenters. The van der Waals surface area contributed by atoms with Gasteiger partial charge in [-0.1, -0.05) is 0 Å². The van der Waals surface area contributed by atoms with Crippen LogP contribution >= 0.6 is 0 Å². The molecule has 13 heavy (non-hydrogen) atoms. The van der Waals surface area contributed by atoms with Crippen molar-refractivity contribution in [1.29, 1.82) is 0 Å². The molecule has 0 aliphatic rings. The Balaban J connectivity index is 3.15. The van der Waals surface area contributed by atoms with Crippen LogP contribution in [0.2, 0.25) is 0 Å². The number of nitrogens with one attached hydrogen (secondary N) is 1. The van der Waals surface area contributed by atoms with Crippen molar-refractivity contribution in [3.05, 3.63) is 28.1 Å². The molecule has 0 saturated carbocycles. The number of hydrogen-bond donors (Lipinski definition) is 2. The summed E-state index contributed by atoms with van der Waals surface area (Å²) in [5, 5.41) is 18.5. The number of aromatic nitrogens is 1. The second-order valence-corrected chi connectivity index (χ2v) is 2.13. The summed E-state index contributed by atoms with van der Waals surface area (Å²) in [4.78, 5) is 32.6. The standard InChI is InChI=1S/C6H4N2O5/c9-5(6(10)11)4-3(8(12)13)1-2-7-4/h1-2,7H,(H,10,11). The van der Waals surface area contributed by atoms with Gasteiger partial charge in [0.25, 0.3) is 11.5 Å². The van der Waals surface area contributed by atoms with E-state index in [1.165, 1.54) is 0 Å². The van der Waals surface area contributed by atoms with Crippen molar-refractivity contribution in [2.24, 2.45) is 0 Å². The van der Waals surface area contributed by atoms with Crippen LogP contribution < -0.4 is 0 Å².